The lowest BCUT2D eigenvalue weighted by Gasteiger charge is -2.35. The fraction of sp³-hybridized carbons (Fsp3) is 0.286. The van der Waals surface area contributed by atoms with Crippen LogP contribution in [0.25, 0.3) is 16.7 Å². The molecule has 2 aromatic carbocycles. The molecule has 1 aliphatic heterocycles. The van der Waals surface area contributed by atoms with E-state index in [0.29, 0.717) is 5.52 Å². The molecule has 3 heterocycles. The number of carboxylic acid groups (broad SMARTS) is 1. The van der Waals surface area contributed by atoms with Gasteiger partial charge in [-0.15, -0.1) is 5.10 Å². The highest BCUT2D eigenvalue weighted by molar-refractivity contribution is 5.91. The van der Waals surface area contributed by atoms with Gasteiger partial charge in [-0.3, -0.25) is 9.47 Å². The fourth-order valence-corrected chi connectivity index (χ4v) is 3.93. The van der Waals surface area contributed by atoms with E-state index in [2.05, 4.69) is 42.4 Å². The Bertz CT molecular complexity index is 1240. The molecule has 5 rings (SSSR count). The van der Waals surface area contributed by atoms with Crippen molar-refractivity contribution in [3.8, 4) is 5.69 Å². The minimum atomic E-state index is -1.20. The molecule has 0 atom stereocenters. The first kappa shape index (κ1) is 19.2. The van der Waals surface area contributed by atoms with E-state index in [1.54, 1.807) is 23.1 Å². The number of piperazine rings is 1. The summed E-state index contributed by atoms with van der Waals surface area (Å²) in [4.78, 5) is 20.2. The van der Waals surface area contributed by atoms with Crippen LogP contribution >= 0.6 is 0 Å². The van der Waals surface area contributed by atoms with Crippen molar-refractivity contribution in [3.63, 3.8) is 0 Å². The average Bonchev–Trinajstić information content (AvgIpc) is 3.40. The van der Waals surface area contributed by atoms with Gasteiger partial charge >= 0.3 is 0 Å². The number of aromatic nitrogens is 6. The minimum Gasteiger partial charge on any atom is -0.545 e. The van der Waals surface area contributed by atoms with Crippen LogP contribution in [-0.2, 0) is 13.6 Å². The number of aromatic carboxylic acids is 1. The predicted octanol–water partition coefficient (Wildman–Crippen LogP) is 0.235. The van der Waals surface area contributed by atoms with Crippen molar-refractivity contribution in [2.24, 2.45) is 7.05 Å². The van der Waals surface area contributed by atoms with Gasteiger partial charge in [0, 0.05) is 44.6 Å². The number of anilines is 1. The Hall–Kier alpha value is -3.79. The molecule has 1 aliphatic rings. The number of nitrogens with zero attached hydrogens (tertiary/aromatic N) is 8. The number of hydrogen-bond donors (Lipinski definition) is 0. The van der Waals surface area contributed by atoms with Gasteiger partial charge in [0.1, 0.15) is 6.33 Å². The zero-order chi connectivity index (χ0) is 21.4. The lowest BCUT2D eigenvalue weighted by Crippen LogP contribution is -2.46. The van der Waals surface area contributed by atoms with Gasteiger partial charge in [-0.05, 0) is 46.3 Å². The van der Waals surface area contributed by atoms with Crippen LogP contribution in [-0.4, -0.2) is 66.8 Å². The summed E-state index contributed by atoms with van der Waals surface area (Å²) >= 11 is 0. The number of tetrazole rings is 1. The second kappa shape index (κ2) is 7.80. The first-order valence-corrected chi connectivity index (χ1v) is 10.1. The Morgan fingerprint density at radius 2 is 1.87 bits per heavy atom. The van der Waals surface area contributed by atoms with Crippen molar-refractivity contribution in [2.45, 2.75) is 6.54 Å². The highest BCUT2D eigenvalue weighted by Crippen LogP contribution is 2.24. The second-order valence-electron chi connectivity index (χ2n) is 7.61. The number of aryl methyl sites for hydroxylation is 1. The molecular weight excluding hydrogens is 396 g/mol. The Morgan fingerprint density at radius 1 is 1.06 bits per heavy atom. The SMILES string of the molecule is Cn1nnnc1CN1CCN(c2cccc(-n3cnc4cc(C(=O)[O-])ccc43)c2)CC1. The smallest absolute Gasteiger partial charge is 0.164 e. The van der Waals surface area contributed by atoms with Gasteiger partial charge in [0.25, 0.3) is 0 Å². The molecule has 10 heteroatoms. The molecule has 10 nitrogen and oxygen atoms in total. The van der Waals surface area contributed by atoms with Crippen LogP contribution < -0.4 is 10.0 Å². The molecule has 0 bridgehead atoms. The highest BCUT2D eigenvalue weighted by Gasteiger charge is 2.19. The minimum absolute atomic E-state index is 0.126. The number of imidazole rings is 1. The summed E-state index contributed by atoms with van der Waals surface area (Å²) in [5.74, 6) is -0.336. The van der Waals surface area contributed by atoms with Gasteiger partial charge in [0.2, 0.25) is 0 Å². The highest BCUT2D eigenvalue weighted by atomic mass is 16.4. The monoisotopic (exact) mass is 417 g/mol. The molecule has 0 radical (unpaired) electrons. The topological polar surface area (TPSA) is 108 Å². The van der Waals surface area contributed by atoms with Crippen LogP contribution in [0.15, 0.2) is 48.8 Å². The molecule has 0 N–H and O–H groups in total. The van der Waals surface area contributed by atoms with E-state index >= 15 is 0 Å². The lowest BCUT2D eigenvalue weighted by atomic mass is 10.2. The molecule has 0 spiro atoms. The largest absolute Gasteiger partial charge is 0.545 e. The number of rotatable bonds is 5. The number of fused-ring (bicyclic) bond motifs is 1. The van der Waals surface area contributed by atoms with Crippen molar-refractivity contribution in [1.82, 2.24) is 34.7 Å². The average molecular weight is 417 g/mol. The van der Waals surface area contributed by atoms with Gasteiger partial charge in [-0.1, -0.05) is 12.1 Å². The lowest BCUT2D eigenvalue weighted by molar-refractivity contribution is -0.255. The molecule has 31 heavy (non-hydrogen) atoms. The first-order valence-electron chi connectivity index (χ1n) is 10.1. The van der Waals surface area contributed by atoms with E-state index in [0.717, 1.165) is 55.4 Å². The molecule has 1 fully saturated rings. The fourth-order valence-electron chi connectivity index (χ4n) is 3.93. The molecule has 2 aromatic heterocycles. The Labute approximate surface area is 178 Å². The van der Waals surface area contributed by atoms with Crippen LogP contribution in [0.5, 0.6) is 0 Å². The first-order chi connectivity index (χ1) is 15.1. The van der Waals surface area contributed by atoms with E-state index in [-0.39, 0.29) is 5.56 Å². The maximum atomic E-state index is 11.1. The van der Waals surface area contributed by atoms with Gasteiger partial charge < -0.3 is 14.8 Å². The predicted molar refractivity (Wildman–Crippen MR) is 112 cm³/mol. The van der Waals surface area contributed by atoms with Crippen LogP contribution in [0, 0.1) is 0 Å². The number of carbonyl (C=O) groups excluding carboxylic acids is 1. The summed E-state index contributed by atoms with van der Waals surface area (Å²) in [5.41, 5.74) is 3.73. The third-order valence-corrected chi connectivity index (χ3v) is 5.70. The van der Waals surface area contributed by atoms with Gasteiger partial charge in [-0.2, -0.15) is 0 Å². The number of carbonyl (C=O) groups is 1. The van der Waals surface area contributed by atoms with E-state index in [9.17, 15) is 9.90 Å². The molecule has 0 saturated carbocycles. The second-order valence-corrected chi connectivity index (χ2v) is 7.61. The molecular formula is C21H21N8O2-. The van der Waals surface area contributed by atoms with Crippen LogP contribution in [0.2, 0.25) is 0 Å². The Morgan fingerprint density at radius 3 is 2.61 bits per heavy atom. The van der Waals surface area contributed by atoms with Crippen molar-refractivity contribution < 1.29 is 9.90 Å². The maximum absolute atomic E-state index is 11.1. The maximum Gasteiger partial charge on any atom is 0.164 e. The molecule has 1 saturated heterocycles. The molecule has 158 valence electrons. The van der Waals surface area contributed by atoms with Gasteiger partial charge in [-0.25, -0.2) is 9.67 Å². The van der Waals surface area contributed by atoms with E-state index < -0.39 is 5.97 Å². The molecule has 0 amide bonds. The van der Waals surface area contributed by atoms with E-state index in [1.165, 1.54) is 6.07 Å². The molecule has 0 aliphatic carbocycles. The van der Waals surface area contributed by atoms with Crippen molar-refractivity contribution in [2.75, 3.05) is 31.1 Å². The number of carboxylic acids is 1. The zero-order valence-electron chi connectivity index (χ0n) is 17.0. The van der Waals surface area contributed by atoms with Gasteiger partial charge in [0.05, 0.1) is 23.5 Å². The standard InChI is InChI=1S/C21H22N8O2/c1-26-20(23-24-25-26)13-27-7-9-28(10-8-27)16-3-2-4-17(12-16)29-14-22-18-11-15(21(30)31)5-6-19(18)29/h2-6,11-12,14H,7-10,13H2,1H3,(H,30,31)/p-1. The van der Waals surface area contributed by atoms with E-state index in [4.69, 9.17) is 0 Å². The van der Waals surface area contributed by atoms with Crippen LogP contribution in [0.3, 0.4) is 0 Å². The van der Waals surface area contributed by atoms with Gasteiger partial charge in [0.15, 0.2) is 5.82 Å². The summed E-state index contributed by atoms with van der Waals surface area (Å²) in [5, 5.41) is 22.8. The summed E-state index contributed by atoms with van der Waals surface area (Å²) in [7, 11) is 1.86. The third kappa shape index (κ3) is 3.73. The van der Waals surface area contributed by atoms with Crippen LogP contribution in [0.4, 0.5) is 5.69 Å². The summed E-state index contributed by atoms with van der Waals surface area (Å²) in [6.45, 7) is 4.42. The zero-order valence-corrected chi connectivity index (χ0v) is 17.0. The van der Waals surface area contributed by atoms with E-state index in [1.807, 2.05) is 23.7 Å². The Balaban J connectivity index is 1.32. The van der Waals surface area contributed by atoms with Crippen molar-refractivity contribution >= 4 is 22.7 Å². The summed E-state index contributed by atoms with van der Waals surface area (Å²) < 4.78 is 3.68. The van der Waals surface area contributed by atoms with Crippen molar-refractivity contribution in [1.29, 1.82) is 0 Å². The normalized spacial score (nSPS) is 14.9. The third-order valence-electron chi connectivity index (χ3n) is 5.70. The molecule has 4 aromatic rings. The Kier molecular flexibility index (Phi) is 4.83. The number of hydrogen-bond acceptors (Lipinski definition) is 8. The number of benzene rings is 2. The summed E-state index contributed by atoms with van der Waals surface area (Å²) in [6.07, 6.45) is 1.72. The van der Waals surface area contributed by atoms with Crippen molar-refractivity contribution in [3.05, 3.63) is 60.2 Å². The summed E-state index contributed by atoms with van der Waals surface area (Å²) in [6, 6.07) is 13.1. The molecule has 0 unspecified atom stereocenters. The quantitative estimate of drug-likeness (QED) is 0.454. The van der Waals surface area contributed by atoms with Crippen LogP contribution in [0.1, 0.15) is 16.2 Å².